The van der Waals surface area contributed by atoms with Crippen molar-refractivity contribution >= 4 is 40.5 Å². The number of aliphatic imine (C=N–C) groups is 1. The van der Waals surface area contributed by atoms with Gasteiger partial charge in [-0.25, -0.2) is 10.9 Å². The van der Waals surface area contributed by atoms with Gasteiger partial charge in [-0.3, -0.25) is 14.6 Å². The first kappa shape index (κ1) is 30.1. The van der Waals surface area contributed by atoms with Crippen LogP contribution in [0.15, 0.2) is 65.7 Å². The second-order valence-electron chi connectivity index (χ2n) is 10.4. The molecule has 0 aromatic heterocycles. The monoisotopic (exact) mass is 606 g/mol. The molecular formula is C31H35ClN6O5. The summed E-state index contributed by atoms with van der Waals surface area (Å²) in [5.41, 5.74) is 10.1. The van der Waals surface area contributed by atoms with Crippen molar-refractivity contribution in [3.8, 4) is 17.2 Å². The van der Waals surface area contributed by atoms with Crippen LogP contribution in [0.5, 0.6) is 17.2 Å². The zero-order valence-electron chi connectivity index (χ0n) is 23.9. The maximum atomic E-state index is 12.7. The molecule has 2 aliphatic rings. The molecule has 12 heteroatoms. The Balaban J connectivity index is 1.37. The van der Waals surface area contributed by atoms with E-state index in [1.54, 1.807) is 0 Å². The summed E-state index contributed by atoms with van der Waals surface area (Å²) in [7, 11) is 0. The Kier molecular flexibility index (Phi) is 9.34. The minimum atomic E-state index is -0.393. The van der Waals surface area contributed by atoms with E-state index in [1.807, 2.05) is 56.3 Å². The second kappa shape index (κ2) is 13.3. The van der Waals surface area contributed by atoms with Gasteiger partial charge >= 0.3 is 0 Å². The lowest BCUT2D eigenvalue weighted by Crippen LogP contribution is -2.47. The number of hydrogen-bond donors (Lipinski definition) is 6. The zero-order chi connectivity index (χ0) is 30.5. The van der Waals surface area contributed by atoms with Crippen LogP contribution in [-0.4, -0.2) is 59.3 Å². The number of amides is 2. The number of carbonyl (C=O) groups is 2. The van der Waals surface area contributed by atoms with Crippen LogP contribution >= 0.6 is 11.6 Å². The number of para-hydroxylation sites is 1. The quantitative estimate of drug-likeness (QED) is 0.151. The van der Waals surface area contributed by atoms with Gasteiger partial charge in [0, 0.05) is 34.8 Å². The molecule has 0 spiro atoms. The number of halogens is 1. The van der Waals surface area contributed by atoms with Crippen LogP contribution in [0.2, 0.25) is 5.02 Å². The molecular weight excluding hydrogens is 572 g/mol. The summed E-state index contributed by atoms with van der Waals surface area (Å²) >= 11 is 6.20. The van der Waals surface area contributed by atoms with Gasteiger partial charge in [-0.15, -0.1) is 0 Å². The first-order valence-corrected chi connectivity index (χ1v) is 14.6. The van der Waals surface area contributed by atoms with E-state index in [-0.39, 0.29) is 60.8 Å². The third-order valence-electron chi connectivity index (χ3n) is 7.31. The highest BCUT2D eigenvalue weighted by atomic mass is 35.5. The van der Waals surface area contributed by atoms with Gasteiger partial charge in [0.15, 0.2) is 11.5 Å². The van der Waals surface area contributed by atoms with Gasteiger partial charge < -0.3 is 30.5 Å². The van der Waals surface area contributed by atoms with Gasteiger partial charge in [0.1, 0.15) is 11.9 Å². The van der Waals surface area contributed by atoms with Gasteiger partial charge in [0.05, 0.1) is 36.6 Å². The number of benzene rings is 3. The first-order chi connectivity index (χ1) is 20.7. The van der Waals surface area contributed by atoms with E-state index in [9.17, 15) is 19.8 Å². The number of anilines is 2. The molecule has 11 nitrogen and oxygen atoms in total. The lowest BCUT2D eigenvalue weighted by atomic mass is 9.99. The summed E-state index contributed by atoms with van der Waals surface area (Å²) in [4.78, 5) is 32.4. The molecule has 5 rings (SSSR count). The molecule has 2 heterocycles. The van der Waals surface area contributed by atoms with Crippen molar-refractivity contribution in [2.75, 3.05) is 23.4 Å². The van der Waals surface area contributed by atoms with E-state index >= 15 is 0 Å². The number of aromatic hydroxyl groups is 2. The van der Waals surface area contributed by atoms with E-state index in [0.29, 0.717) is 23.7 Å². The first-order valence-electron chi connectivity index (χ1n) is 14.2. The van der Waals surface area contributed by atoms with Crippen LogP contribution in [0.4, 0.5) is 11.4 Å². The minimum absolute atomic E-state index is 0.0727. The van der Waals surface area contributed by atoms with Crippen molar-refractivity contribution in [3.63, 3.8) is 0 Å². The largest absolute Gasteiger partial charge is 0.504 e. The molecule has 1 fully saturated rings. The van der Waals surface area contributed by atoms with Crippen molar-refractivity contribution in [3.05, 3.63) is 76.8 Å². The topological polar surface area (TPSA) is 148 Å². The number of nitrogens with zero attached hydrogens (tertiary/aromatic N) is 2. The van der Waals surface area contributed by atoms with Crippen LogP contribution in [0, 0.1) is 0 Å². The van der Waals surface area contributed by atoms with Gasteiger partial charge in [-0.1, -0.05) is 29.8 Å². The molecule has 2 aliphatic heterocycles. The van der Waals surface area contributed by atoms with Crippen molar-refractivity contribution in [1.82, 2.24) is 16.2 Å². The molecule has 3 unspecified atom stereocenters. The smallest absolute Gasteiger partial charge is 0.224 e. The standard InChI is InChI=1S/C31H35ClN6O5/c1-3-33-28(41)17-24-31-37-36-18(2)38(31)25-14-13-21(16-22(25)29(35-24)19-9-11-20(32)12-10-19)43-15-5-8-27(40)34-23-6-4-7-26(39)30(23)42/h4,6-7,9-14,16,18,24,31,36-37,39,42H,3,5,8,15,17H2,1-2H3,(H,33,41)(H,34,40). The Bertz CT molecular complexity index is 1520. The molecule has 0 bridgehead atoms. The normalized spacial score (nSPS) is 19.1. The zero-order valence-corrected chi connectivity index (χ0v) is 24.7. The van der Waals surface area contributed by atoms with Crippen molar-refractivity contribution in [2.24, 2.45) is 4.99 Å². The van der Waals surface area contributed by atoms with Crippen LogP contribution in [0.25, 0.3) is 0 Å². The van der Waals surface area contributed by atoms with Gasteiger partial charge in [-0.2, -0.15) is 0 Å². The number of carbonyl (C=O) groups excluding carboxylic acids is 2. The average molecular weight is 607 g/mol. The predicted molar refractivity (Wildman–Crippen MR) is 166 cm³/mol. The Hall–Kier alpha value is -4.32. The molecule has 3 aromatic rings. The Morgan fingerprint density at radius 2 is 1.86 bits per heavy atom. The summed E-state index contributed by atoms with van der Waals surface area (Å²) in [5, 5.41) is 25.7. The number of nitrogens with one attached hydrogen (secondary N) is 4. The highest BCUT2D eigenvalue weighted by Crippen LogP contribution is 2.36. The van der Waals surface area contributed by atoms with E-state index in [0.717, 1.165) is 22.5 Å². The fourth-order valence-corrected chi connectivity index (χ4v) is 5.40. The molecule has 0 aliphatic carbocycles. The van der Waals surface area contributed by atoms with Gasteiger partial charge in [-0.05, 0) is 62.7 Å². The summed E-state index contributed by atoms with van der Waals surface area (Å²) in [6, 6.07) is 17.2. The molecule has 226 valence electrons. The summed E-state index contributed by atoms with van der Waals surface area (Å²) in [5.74, 6) is -0.453. The third-order valence-corrected chi connectivity index (χ3v) is 7.56. The van der Waals surface area contributed by atoms with E-state index in [1.165, 1.54) is 18.2 Å². The summed E-state index contributed by atoms with van der Waals surface area (Å²) in [6.07, 6.45) is 0.444. The molecule has 1 saturated heterocycles. The number of phenols is 2. The maximum absolute atomic E-state index is 12.7. The number of hydrazine groups is 1. The van der Waals surface area contributed by atoms with Crippen molar-refractivity contribution in [2.45, 2.75) is 51.5 Å². The van der Waals surface area contributed by atoms with Gasteiger partial charge in [0.25, 0.3) is 0 Å². The highest BCUT2D eigenvalue weighted by molar-refractivity contribution is 6.30. The number of fused-ring (bicyclic) bond motifs is 3. The number of phenolic OH excluding ortho intramolecular Hbond substituents is 2. The van der Waals surface area contributed by atoms with E-state index in [4.69, 9.17) is 21.3 Å². The average Bonchev–Trinajstić information content (AvgIpc) is 3.31. The molecule has 0 radical (unpaired) electrons. The van der Waals surface area contributed by atoms with Crippen LogP contribution in [0.1, 0.15) is 44.2 Å². The SMILES string of the molecule is CCNC(=O)CC1N=C(c2ccc(Cl)cc2)c2cc(OCCCC(=O)Nc3cccc(O)c3O)ccc2N2C(C)NNC12. The lowest BCUT2D eigenvalue weighted by Gasteiger charge is -2.31. The molecule has 43 heavy (non-hydrogen) atoms. The third kappa shape index (κ3) is 6.85. The lowest BCUT2D eigenvalue weighted by molar-refractivity contribution is -0.121. The second-order valence-corrected chi connectivity index (χ2v) is 10.8. The van der Waals surface area contributed by atoms with Crippen LogP contribution in [-0.2, 0) is 9.59 Å². The predicted octanol–water partition coefficient (Wildman–Crippen LogP) is 3.88. The molecule has 2 amide bonds. The number of hydrogen-bond acceptors (Lipinski definition) is 9. The minimum Gasteiger partial charge on any atom is -0.504 e. The molecule has 0 saturated carbocycles. The maximum Gasteiger partial charge on any atom is 0.224 e. The Morgan fingerprint density at radius 3 is 2.63 bits per heavy atom. The van der Waals surface area contributed by atoms with E-state index in [2.05, 4.69) is 26.4 Å². The molecule has 3 aromatic carbocycles. The Morgan fingerprint density at radius 1 is 1.07 bits per heavy atom. The Labute approximate surface area is 254 Å². The fourth-order valence-electron chi connectivity index (χ4n) is 5.27. The van der Waals surface area contributed by atoms with Crippen molar-refractivity contribution < 1.29 is 24.5 Å². The van der Waals surface area contributed by atoms with Crippen LogP contribution in [0.3, 0.4) is 0 Å². The van der Waals surface area contributed by atoms with Crippen molar-refractivity contribution in [1.29, 1.82) is 0 Å². The number of rotatable bonds is 10. The molecule has 3 atom stereocenters. The molecule has 6 N–H and O–H groups in total. The summed E-state index contributed by atoms with van der Waals surface area (Å²) in [6.45, 7) is 4.74. The fraction of sp³-hybridized carbons (Fsp3) is 0.323. The van der Waals surface area contributed by atoms with Crippen LogP contribution < -0.4 is 31.1 Å². The van der Waals surface area contributed by atoms with E-state index < -0.39 is 6.04 Å². The van der Waals surface area contributed by atoms with Gasteiger partial charge in [0.2, 0.25) is 11.8 Å². The summed E-state index contributed by atoms with van der Waals surface area (Å²) < 4.78 is 6.06. The highest BCUT2D eigenvalue weighted by Gasteiger charge is 2.40. The number of ether oxygens (including phenoxy) is 1.